The van der Waals surface area contributed by atoms with Crippen molar-refractivity contribution in [2.75, 3.05) is 17.2 Å². The number of carbonyl (C=O) groups excluding carboxylic acids is 1. The number of hydrogen-bond donors (Lipinski definition) is 2. The van der Waals surface area contributed by atoms with Gasteiger partial charge in [0.05, 0.1) is 11.3 Å². The molecule has 112 valence electrons. The number of carbonyl (C=O) groups is 1. The van der Waals surface area contributed by atoms with Crippen molar-refractivity contribution in [3.8, 4) is 0 Å². The molecule has 1 heterocycles. The van der Waals surface area contributed by atoms with Crippen LogP contribution in [0, 0.1) is 0 Å². The fraction of sp³-hybridized carbons (Fsp3) is 0.375. The summed E-state index contributed by atoms with van der Waals surface area (Å²) < 4.78 is 0. The van der Waals surface area contributed by atoms with Crippen molar-refractivity contribution in [3.63, 3.8) is 0 Å². The van der Waals surface area contributed by atoms with Crippen LogP contribution in [0.4, 0.5) is 10.8 Å². The fourth-order valence-corrected chi connectivity index (χ4v) is 2.80. The predicted octanol–water partition coefficient (Wildman–Crippen LogP) is 4.12. The highest BCUT2D eigenvalue weighted by atomic mass is 32.1. The minimum Gasteiger partial charge on any atom is -0.385 e. The van der Waals surface area contributed by atoms with E-state index in [0.717, 1.165) is 17.9 Å². The van der Waals surface area contributed by atoms with E-state index in [4.69, 9.17) is 0 Å². The first-order valence-electron chi connectivity index (χ1n) is 7.02. The first-order chi connectivity index (χ1) is 9.91. The Morgan fingerprint density at radius 1 is 1.29 bits per heavy atom. The molecule has 0 aliphatic heterocycles. The van der Waals surface area contributed by atoms with E-state index in [1.807, 2.05) is 36.6 Å². The average Bonchev–Trinajstić information content (AvgIpc) is 2.88. The third-order valence-electron chi connectivity index (χ3n) is 3.03. The van der Waals surface area contributed by atoms with E-state index in [0.29, 0.717) is 10.7 Å². The van der Waals surface area contributed by atoms with Gasteiger partial charge < -0.3 is 5.32 Å². The molecule has 21 heavy (non-hydrogen) atoms. The molecule has 0 saturated carbocycles. The average molecular weight is 303 g/mol. The molecular weight excluding hydrogens is 282 g/mol. The van der Waals surface area contributed by atoms with Gasteiger partial charge in [-0.2, -0.15) is 0 Å². The highest BCUT2D eigenvalue weighted by Gasteiger charge is 2.19. The summed E-state index contributed by atoms with van der Waals surface area (Å²) in [6.07, 6.45) is 0. The number of rotatable bonds is 4. The van der Waals surface area contributed by atoms with E-state index >= 15 is 0 Å². The molecule has 2 aromatic rings. The monoisotopic (exact) mass is 303 g/mol. The number of para-hydroxylation sites is 1. The smallest absolute Gasteiger partial charge is 0.259 e. The Bertz CT molecular complexity index is 628. The van der Waals surface area contributed by atoms with Crippen LogP contribution < -0.4 is 10.6 Å². The first kappa shape index (κ1) is 15.5. The van der Waals surface area contributed by atoms with Gasteiger partial charge in [-0.3, -0.25) is 10.1 Å². The molecule has 2 N–H and O–H groups in total. The molecule has 0 aliphatic carbocycles. The third kappa shape index (κ3) is 3.82. The molecular formula is C16H21N3OS. The Hall–Kier alpha value is -1.88. The Morgan fingerprint density at radius 3 is 2.62 bits per heavy atom. The molecule has 1 aromatic heterocycles. The molecule has 0 atom stereocenters. The normalized spacial score (nSPS) is 11.2. The second-order valence-electron chi connectivity index (χ2n) is 5.82. The van der Waals surface area contributed by atoms with Crippen LogP contribution in [0.5, 0.6) is 0 Å². The van der Waals surface area contributed by atoms with Gasteiger partial charge in [0.2, 0.25) is 0 Å². The lowest BCUT2D eigenvalue weighted by molar-refractivity contribution is 0.102. The van der Waals surface area contributed by atoms with E-state index < -0.39 is 0 Å². The number of aromatic nitrogens is 1. The van der Waals surface area contributed by atoms with Crippen molar-refractivity contribution in [2.24, 2.45) is 0 Å². The summed E-state index contributed by atoms with van der Waals surface area (Å²) in [5.74, 6) is -0.138. The van der Waals surface area contributed by atoms with Crippen LogP contribution in [-0.4, -0.2) is 17.4 Å². The molecule has 0 aliphatic rings. The number of nitrogens with one attached hydrogen (secondary N) is 2. The number of hydrogen-bond acceptors (Lipinski definition) is 4. The minimum absolute atomic E-state index is 0.0127. The molecule has 0 radical (unpaired) electrons. The van der Waals surface area contributed by atoms with Crippen LogP contribution in [0.25, 0.3) is 0 Å². The van der Waals surface area contributed by atoms with E-state index in [1.165, 1.54) is 11.3 Å². The van der Waals surface area contributed by atoms with Crippen LogP contribution in [0.2, 0.25) is 0 Å². The summed E-state index contributed by atoms with van der Waals surface area (Å²) in [6, 6.07) is 7.49. The van der Waals surface area contributed by atoms with Crippen molar-refractivity contribution in [1.82, 2.24) is 4.98 Å². The van der Waals surface area contributed by atoms with Gasteiger partial charge in [0.25, 0.3) is 5.91 Å². The summed E-state index contributed by atoms with van der Waals surface area (Å²) in [6.45, 7) is 9.09. The largest absolute Gasteiger partial charge is 0.385 e. The highest BCUT2D eigenvalue weighted by Crippen LogP contribution is 2.27. The van der Waals surface area contributed by atoms with Crippen LogP contribution in [0.3, 0.4) is 0 Å². The zero-order valence-corrected chi connectivity index (χ0v) is 13.7. The van der Waals surface area contributed by atoms with E-state index in [1.54, 1.807) is 0 Å². The van der Waals surface area contributed by atoms with Gasteiger partial charge in [0.15, 0.2) is 5.13 Å². The number of benzene rings is 1. The topological polar surface area (TPSA) is 54.0 Å². The minimum atomic E-state index is -0.138. The Morgan fingerprint density at radius 2 is 2.00 bits per heavy atom. The van der Waals surface area contributed by atoms with Crippen molar-refractivity contribution in [2.45, 2.75) is 33.1 Å². The number of nitrogens with zero attached hydrogens (tertiary/aromatic N) is 1. The van der Waals surface area contributed by atoms with Gasteiger partial charge in [0, 0.05) is 23.0 Å². The van der Waals surface area contributed by atoms with Gasteiger partial charge in [-0.05, 0) is 19.1 Å². The maximum absolute atomic E-state index is 12.4. The van der Waals surface area contributed by atoms with Crippen LogP contribution in [0.15, 0.2) is 29.6 Å². The van der Waals surface area contributed by atoms with Crippen LogP contribution >= 0.6 is 11.3 Å². The molecule has 4 nitrogen and oxygen atoms in total. The highest BCUT2D eigenvalue weighted by molar-refractivity contribution is 7.14. The Labute approximate surface area is 129 Å². The van der Waals surface area contributed by atoms with Gasteiger partial charge in [-0.1, -0.05) is 32.9 Å². The maximum atomic E-state index is 12.4. The van der Waals surface area contributed by atoms with Gasteiger partial charge in [-0.25, -0.2) is 4.98 Å². The van der Waals surface area contributed by atoms with Crippen LogP contribution in [0.1, 0.15) is 43.7 Å². The van der Waals surface area contributed by atoms with E-state index in [2.05, 4.69) is 36.4 Å². The van der Waals surface area contributed by atoms with E-state index in [9.17, 15) is 4.79 Å². The second-order valence-corrected chi connectivity index (χ2v) is 6.68. The van der Waals surface area contributed by atoms with Crippen molar-refractivity contribution in [3.05, 3.63) is 40.9 Å². The molecule has 0 saturated heterocycles. The number of thiazole rings is 1. The predicted molar refractivity (Wildman–Crippen MR) is 89.4 cm³/mol. The fourth-order valence-electron chi connectivity index (χ4n) is 1.87. The van der Waals surface area contributed by atoms with Gasteiger partial charge in [0.1, 0.15) is 0 Å². The second kappa shape index (κ2) is 6.26. The van der Waals surface area contributed by atoms with Crippen molar-refractivity contribution < 1.29 is 4.79 Å². The van der Waals surface area contributed by atoms with Crippen molar-refractivity contribution in [1.29, 1.82) is 0 Å². The summed E-state index contributed by atoms with van der Waals surface area (Å²) in [7, 11) is 0. The molecule has 5 heteroatoms. The van der Waals surface area contributed by atoms with Crippen molar-refractivity contribution >= 4 is 28.1 Å². The molecule has 0 spiro atoms. The molecule has 0 unspecified atom stereocenters. The zero-order chi connectivity index (χ0) is 15.5. The quantitative estimate of drug-likeness (QED) is 0.893. The molecule has 1 amide bonds. The number of amides is 1. The molecule has 1 aromatic carbocycles. The Kier molecular flexibility index (Phi) is 4.63. The number of anilines is 2. The first-order valence-corrected chi connectivity index (χ1v) is 7.90. The molecule has 0 fully saturated rings. The SMILES string of the molecule is CCNc1ccccc1C(=O)Nc1nc(C(C)(C)C)cs1. The van der Waals surface area contributed by atoms with E-state index in [-0.39, 0.29) is 11.3 Å². The van der Waals surface area contributed by atoms with Gasteiger partial charge >= 0.3 is 0 Å². The molecule has 0 bridgehead atoms. The lowest BCUT2D eigenvalue weighted by Gasteiger charge is -2.14. The Balaban J connectivity index is 2.17. The maximum Gasteiger partial charge on any atom is 0.259 e. The lowest BCUT2D eigenvalue weighted by atomic mass is 9.93. The summed E-state index contributed by atoms with van der Waals surface area (Å²) in [4.78, 5) is 16.9. The summed E-state index contributed by atoms with van der Waals surface area (Å²) >= 11 is 1.46. The molecule has 2 rings (SSSR count). The summed E-state index contributed by atoms with van der Waals surface area (Å²) in [5.41, 5.74) is 2.45. The lowest BCUT2D eigenvalue weighted by Crippen LogP contribution is -2.16. The summed E-state index contributed by atoms with van der Waals surface area (Å²) in [5, 5.41) is 8.70. The zero-order valence-electron chi connectivity index (χ0n) is 12.9. The third-order valence-corrected chi connectivity index (χ3v) is 3.79. The van der Waals surface area contributed by atoms with Crippen LogP contribution in [-0.2, 0) is 5.41 Å². The standard InChI is InChI=1S/C16H21N3OS/c1-5-17-12-9-7-6-8-11(12)14(20)19-15-18-13(10-21-15)16(2,3)4/h6-10,17H,5H2,1-4H3,(H,18,19,20). The van der Waals surface area contributed by atoms with Gasteiger partial charge in [-0.15, -0.1) is 11.3 Å².